The maximum absolute atomic E-state index is 10.7. The van der Waals surface area contributed by atoms with Gasteiger partial charge in [-0.2, -0.15) is 0 Å². The SMILES string of the molecule is O=C(O)c1cn(C[C@@H](O)c2ccc3c(c2)OCO3)nn1. The van der Waals surface area contributed by atoms with Gasteiger partial charge < -0.3 is 19.7 Å². The maximum atomic E-state index is 10.7. The molecule has 3 rings (SSSR count). The van der Waals surface area contributed by atoms with E-state index in [1.54, 1.807) is 18.2 Å². The molecule has 2 N–H and O–H groups in total. The second-order valence-electron chi connectivity index (χ2n) is 4.26. The molecule has 1 aliphatic rings. The Morgan fingerprint density at radius 3 is 2.95 bits per heavy atom. The minimum atomic E-state index is -1.16. The topological polar surface area (TPSA) is 107 Å². The minimum absolute atomic E-state index is 0.0971. The first kappa shape index (κ1) is 12.4. The van der Waals surface area contributed by atoms with Crippen molar-refractivity contribution >= 4 is 5.97 Å². The van der Waals surface area contributed by atoms with Gasteiger partial charge in [-0.15, -0.1) is 5.10 Å². The lowest BCUT2D eigenvalue weighted by atomic mass is 10.1. The average molecular weight is 277 g/mol. The highest BCUT2D eigenvalue weighted by Gasteiger charge is 2.18. The Kier molecular flexibility index (Phi) is 2.99. The van der Waals surface area contributed by atoms with Crippen molar-refractivity contribution in [3.8, 4) is 11.5 Å². The third-order valence-electron chi connectivity index (χ3n) is 2.90. The highest BCUT2D eigenvalue weighted by molar-refractivity contribution is 5.84. The zero-order valence-electron chi connectivity index (χ0n) is 10.3. The molecular weight excluding hydrogens is 266 g/mol. The van der Waals surface area contributed by atoms with Crippen LogP contribution < -0.4 is 9.47 Å². The molecule has 20 heavy (non-hydrogen) atoms. The van der Waals surface area contributed by atoms with Gasteiger partial charge in [0.05, 0.1) is 18.8 Å². The maximum Gasteiger partial charge on any atom is 0.358 e. The molecule has 0 radical (unpaired) electrons. The van der Waals surface area contributed by atoms with E-state index in [0.29, 0.717) is 17.1 Å². The molecular formula is C12H11N3O5. The number of carboxylic acids is 1. The fourth-order valence-corrected chi connectivity index (χ4v) is 1.89. The predicted molar refractivity (Wildman–Crippen MR) is 64.5 cm³/mol. The van der Waals surface area contributed by atoms with Crippen molar-refractivity contribution in [1.82, 2.24) is 15.0 Å². The van der Waals surface area contributed by atoms with Crippen LogP contribution in [0, 0.1) is 0 Å². The molecule has 8 heteroatoms. The first-order chi connectivity index (χ1) is 9.63. The fraction of sp³-hybridized carbons (Fsp3) is 0.250. The molecule has 1 aromatic carbocycles. The molecule has 8 nitrogen and oxygen atoms in total. The van der Waals surface area contributed by atoms with E-state index in [-0.39, 0.29) is 19.0 Å². The monoisotopic (exact) mass is 277 g/mol. The van der Waals surface area contributed by atoms with Crippen LogP contribution in [0.1, 0.15) is 22.2 Å². The normalized spacial score (nSPS) is 14.2. The molecule has 0 saturated carbocycles. The van der Waals surface area contributed by atoms with Crippen molar-refractivity contribution in [1.29, 1.82) is 0 Å². The van der Waals surface area contributed by atoms with Crippen molar-refractivity contribution in [3.05, 3.63) is 35.7 Å². The molecule has 0 aliphatic carbocycles. The van der Waals surface area contributed by atoms with Crippen LogP contribution in [0.15, 0.2) is 24.4 Å². The number of benzene rings is 1. The molecule has 0 bridgehead atoms. The van der Waals surface area contributed by atoms with Gasteiger partial charge in [-0.1, -0.05) is 11.3 Å². The van der Waals surface area contributed by atoms with Crippen molar-refractivity contribution in [2.24, 2.45) is 0 Å². The predicted octanol–water partition coefficient (Wildman–Crippen LogP) is 0.439. The zero-order chi connectivity index (χ0) is 14.1. The number of ether oxygens (including phenoxy) is 2. The lowest BCUT2D eigenvalue weighted by Crippen LogP contribution is -2.09. The van der Waals surface area contributed by atoms with Gasteiger partial charge in [-0.05, 0) is 17.7 Å². The molecule has 0 fully saturated rings. The van der Waals surface area contributed by atoms with Crippen LogP contribution in [-0.2, 0) is 6.54 Å². The van der Waals surface area contributed by atoms with Crippen LogP contribution in [0.5, 0.6) is 11.5 Å². The van der Waals surface area contributed by atoms with Crippen molar-refractivity contribution in [3.63, 3.8) is 0 Å². The number of nitrogens with zero attached hydrogens (tertiary/aromatic N) is 3. The quantitative estimate of drug-likeness (QED) is 0.834. The molecule has 1 aromatic heterocycles. The van der Waals surface area contributed by atoms with Crippen LogP contribution in [-0.4, -0.2) is 38.0 Å². The number of hydrogen-bond donors (Lipinski definition) is 2. The third kappa shape index (κ3) is 2.28. The summed E-state index contributed by atoms with van der Waals surface area (Å²) in [7, 11) is 0. The summed E-state index contributed by atoms with van der Waals surface area (Å²) in [6.07, 6.45) is 0.409. The molecule has 0 spiro atoms. The number of aliphatic hydroxyl groups is 1. The second-order valence-corrected chi connectivity index (χ2v) is 4.26. The smallest absolute Gasteiger partial charge is 0.358 e. The zero-order valence-corrected chi connectivity index (χ0v) is 10.3. The van der Waals surface area contributed by atoms with Gasteiger partial charge in [0, 0.05) is 0 Å². The molecule has 2 aromatic rings. The largest absolute Gasteiger partial charge is 0.476 e. The first-order valence-electron chi connectivity index (χ1n) is 5.84. The number of rotatable bonds is 4. The van der Waals surface area contributed by atoms with Crippen molar-refractivity contribution in [2.75, 3.05) is 6.79 Å². The molecule has 1 atom stereocenters. The van der Waals surface area contributed by atoms with Crippen LogP contribution in [0.2, 0.25) is 0 Å². The highest BCUT2D eigenvalue weighted by Crippen LogP contribution is 2.34. The first-order valence-corrected chi connectivity index (χ1v) is 5.84. The van der Waals surface area contributed by atoms with Crippen LogP contribution in [0.4, 0.5) is 0 Å². The van der Waals surface area contributed by atoms with Gasteiger partial charge in [0.1, 0.15) is 0 Å². The summed E-state index contributed by atoms with van der Waals surface area (Å²) >= 11 is 0. The Balaban J connectivity index is 1.75. The molecule has 0 unspecified atom stereocenters. The molecule has 1 aliphatic heterocycles. The van der Waals surface area contributed by atoms with Crippen LogP contribution in [0.25, 0.3) is 0 Å². The van der Waals surface area contributed by atoms with Gasteiger partial charge in [-0.3, -0.25) is 0 Å². The highest BCUT2D eigenvalue weighted by atomic mass is 16.7. The lowest BCUT2D eigenvalue weighted by molar-refractivity contribution is 0.0690. The Morgan fingerprint density at radius 2 is 2.20 bits per heavy atom. The Morgan fingerprint density at radius 1 is 1.40 bits per heavy atom. The molecule has 2 heterocycles. The Hall–Kier alpha value is -2.61. The summed E-state index contributed by atoms with van der Waals surface area (Å²) in [6, 6.07) is 5.11. The van der Waals surface area contributed by atoms with E-state index in [4.69, 9.17) is 14.6 Å². The second kappa shape index (κ2) is 4.82. The van der Waals surface area contributed by atoms with E-state index >= 15 is 0 Å². The summed E-state index contributed by atoms with van der Waals surface area (Å²) in [5, 5.41) is 26.0. The van der Waals surface area contributed by atoms with Gasteiger partial charge >= 0.3 is 5.97 Å². The van der Waals surface area contributed by atoms with Gasteiger partial charge in [0.2, 0.25) is 6.79 Å². The molecule has 0 amide bonds. The van der Waals surface area contributed by atoms with E-state index in [9.17, 15) is 9.90 Å². The number of aromatic nitrogens is 3. The number of carboxylic acid groups (broad SMARTS) is 1. The lowest BCUT2D eigenvalue weighted by Gasteiger charge is -2.11. The summed E-state index contributed by atoms with van der Waals surface area (Å²) in [5.41, 5.74) is 0.463. The minimum Gasteiger partial charge on any atom is -0.476 e. The summed E-state index contributed by atoms with van der Waals surface area (Å²) in [4.78, 5) is 10.7. The molecule has 104 valence electrons. The number of hydrogen-bond acceptors (Lipinski definition) is 6. The van der Waals surface area contributed by atoms with E-state index in [0.717, 1.165) is 0 Å². The van der Waals surface area contributed by atoms with E-state index in [2.05, 4.69) is 10.3 Å². The van der Waals surface area contributed by atoms with E-state index in [1.807, 2.05) is 0 Å². The fourth-order valence-electron chi connectivity index (χ4n) is 1.89. The molecule has 0 saturated heterocycles. The number of aromatic carboxylic acids is 1. The van der Waals surface area contributed by atoms with E-state index < -0.39 is 12.1 Å². The summed E-state index contributed by atoms with van der Waals surface area (Å²) in [6.45, 7) is 0.264. The summed E-state index contributed by atoms with van der Waals surface area (Å²) < 4.78 is 11.7. The van der Waals surface area contributed by atoms with Crippen LogP contribution >= 0.6 is 0 Å². The number of aliphatic hydroxyl groups excluding tert-OH is 1. The number of carbonyl (C=O) groups is 1. The Labute approximate surface area is 113 Å². The van der Waals surface area contributed by atoms with Gasteiger partial charge in [0.25, 0.3) is 0 Å². The third-order valence-corrected chi connectivity index (χ3v) is 2.90. The van der Waals surface area contributed by atoms with Gasteiger partial charge in [-0.25, -0.2) is 9.48 Å². The summed E-state index contributed by atoms with van der Waals surface area (Å²) in [5.74, 6) is 0.0510. The average Bonchev–Trinajstić information content (AvgIpc) is 3.05. The van der Waals surface area contributed by atoms with Crippen molar-refractivity contribution in [2.45, 2.75) is 12.6 Å². The van der Waals surface area contributed by atoms with E-state index in [1.165, 1.54) is 10.9 Å². The number of fused-ring (bicyclic) bond motifs is 1. The Bertz CT molecular complexity index is 654. The van der Waals surface area contributed by atoms with Crippen LogP contribution in [0.3, 0.4) is 0 Å². The standard InChI is InChI=1S/C12H11N3O5/c16-9(5-15-4-8(12(17)18)13-14-15)7-1-2-10-11(3-7)20-6-19-10/h1-4,9,16H,5-6H2,(H,17,18)/t9-/m1/s1. The van der Waals surface area contributed by atoms with Crippen molar-refractivity contribution < 1.29 is 24.5 Å². The van der Waals surface area contributed by atoms with Gasteiger partial charge in [0.15, 0.2) is 17.2 Å².